The summed E-state index contributed by atoms with van der Waals surface area (Å²) < 4.78 is 46.7. The fraction of sp³-hybridized carbons (Fsp3) is 0.433. The van der Waals surface area contributed by atoms with E-state index in [9.17, 15) is 4.79 Å². The summed E-state index contributed by atoms with van der Waals surface area (Å²) in [6.07, 6.45) is 8.47. The van der Waals surface area contributed by atoms with Crippen LogP contribution < -0.4 is 0 Å². The van der Waals surface area contributed by atoms with Crippen molar-refractivity contribution < 1.29 is 18.0 Å². The van der Waals surface area contributed by atoms with E-state index in [4.69, 9.17) is 0 Å². The van der Waals surface area contributed by atoms with Gasteiger partial charge >= 0.3 is 0 Å². The van der Waals surface area contributed by atoms with Crippen molar-refractivity contribution in [2.45, 2.75) is 76.5 Å². The molecule has 2 aliphatic rings. The Morgan fingerprint density at radius 1 is 1.06 bits per heavy atom. The number of carbonyl (C=O) groups is 1. The zero-order valence-corrected chi connectivity index (χ0v) is 21.4. The van der Waals surface area contributed by atoms with Gasteiger partial charge in [0.2, 0.25) is 0 Å². The van der Waals surface area contributed by atoms with E-state index >= 15 is 13.2 Å². The lowest BCUT2D eigenvalue weighted by molar-refractivity contribution is 0.102. The number of ketones is 1. The van der Waals surface area contributed by atoms with E-state index < -0.39 is 28.8 Å². The molecule has 186 valence electrons. The molecule has 0 bridgehead atoms. The van der Waals surface area contributed by atoms with Gasteiger partial charge in [0.05, 0.1) is 5.56 Å². The largest absolute Gasteiger partial charge is 0.289 e. The quantitative estimate of drug-likeness (QED) is 0.383. The lowest BCUT2D eigenvalue weighted by Crippen LogP contribution is -2.19. The average Bonchev–Trinajstić information content (AvgIpc) is 2.88. The van der Waals surface area contributed by atoms with Crippen LogP contribution in [0.2, 0.25) is 0 Å². The summed E-state index contributed by atoms with van der Waals surface area (Å²) in [6, 6.07) is 7.71. The topological polar surface area (TPSA) is 17.1 Å². The molecular formula is C30H33F3OS. The number of aryl methyl sites for hydroxylation is 1. The highest BCUT2D eigenvalue weighted by molar-refractivity contribution is 8.03. The molecule has 1 fully saturated rings. The van der Waals surface area contributed by atoms with Gasteiger partial charge < -0.3 is 0 Å². The van der Waals surface area contributed by atoms with Crippen LogP contribution in [0.1, 0.15) is 79.4 Å². The standard InChI is InChI=1S/C30H33F3OS/c1-4-19-9-8-10-20(17-19)13-15-23-27(31)22-16-14-21-11-6-7-12-25(21)35-24(5-2)18(3)30(34)26(22)29(33)28(23)32/h5-7,11-12,19-20H,2,4,8-10,13-17H2,1,3H3/b24-18+/t19-,20?/m0/s1. The smallest absolute Gasteiger partial charge is 0.193 e. The van der Waals surface area contributed by atoms with Gasteiger partial charge in [-0.25, -0.2) is 13.2 Å². The van der Waals surface area contributed by atoms with Crippen LogP contribution in [0.3, 0.4) is 0 Å². The number of allylic oxidation sites excluding steroid dienone is 2. The SMILES string of the molecule is C=C/C1=C(/C)C(=O)c2c(F)c(F)c(CCC3CCC[C@H](CC)C3)c(F)c2CCc2ccccc2S1. The van der Waals surface area contributed by atoms with E-state index in [2.05, 4.69) is 13.5 Å². The molecule has 1 aliphatic heterocycles. The molecule has 2 aromatic rings. The summed E-state index contributed by atoms with van der Waals surface area (Å²) in [7, 11) is 0. The van der Waals surface area contributed by atoms with Gasteiger partial charge in [-0.2, -0.15) is 0 Å². The highest BCUT2D eigenvalue weighted by atomic mass is 32.2. The molecular weight excluding hydrogens is 465 g/mol. The summed E-state index contributed by atoms with van der Waals surface area (Å²) in [6.45, 7) is 7.55. The average molecular weight is 499 g/mol. The van der Waals surface area contributed by atoms with Gasteiger partial charge in [-0.05, 0) is 62.5 Å². The number of carbonyl (C=O) groups excluding carboxylic acids is 1. The number of Topliss-reactive ketones (excluding diaryl/α,β-unsaturated/α-hetero) is 1. The Morgan fingerprint density at radius 2 is 1.80 bits per heavy atom. The highest BCUT2D eigenvalue weighted by Gasteiger charge is 2.31. The Hall–Kier alpha value is -2.27. The van der Waals surface area contributed by atoms with E-state index in [0.29, 0.717) is 29.6 Å². The Morgan fingerprint density at radius 3 is 2.54 bits per heavy atom. The van der Waals surface area contributed by atoms with Crippen LogP contribution in [0.25, 0.3) is 0 Å². The molecule has 5 heteroatoms. The van der Waals surface area contributed by atoms with Crippen LogP contribution in [0.15, 0.2) is 52.3 Å². The first-order valence-corrected chi connectivity index (χ1v) is 13.5. The molecule has 1 aliphatic carbocycles. The van der Waals surface area contributed by atoms with Crippen LogP contribution in [-0.2, 0) is 19.3 Å². The molecule has 0 radical (unpaired) electrons. The Kier molecular flexibility index (Phi) is 8.26. The Bertz CT molecular complexity index is 1170. The van der Waals surface area contributed by atoms with Gasteiger partial charge in [0.15, 0.2) is 17.4 Å². The molecule has 0 spiro atoms. The number of halogens is 3. The van der Waals surface area contributed by atoms with Gasteiger partial charge in [-0.15, -0.1) is 0 Å². The number of rotatable bonds is 5. The molecule has 1 heterocycles. The fourth-order valence-corrected chi connectivity index (χ4v) is 6.61. The summed E-state index contributed by atoms with van der Waals surface area (Å²) in [4.78, 5) is 14.9. The second-order valence-electron chi connectivity index (χ2n) is 9.85. The van der Waals surface area contributed by atoms with Crippen molar-refractivity contribution in [3.63, 3.8) is 0 Å². The Labute approximate surface area is 210 Å². The predicted molar refractivity (Wildman–Crippen MR) is 137 cm³/mol. The maximum Gasteiger partial charge on any atom is 0.193 e. The Balaban J connectivity index is 1.76. The van der Waals surface area contributed by atoms with Gasteiger partial charge in [0, 0.05) is 26.5 Å². The van der Waals surface area contributed by atoms with Gasteiger partial charge in [-0.1, -0.05) is 75.2 Å². The monoisotopic (exact) mass is 498 g/mol. The van der Waals surface area contributed by atoms with Crippen LogP contribution in [0, 0.1) is 29.3 Å². The van der Waals surface area contributed by atoms with Gasteiger partial charge in [-0.3, -0.25) is 4.79 Å². The summed E-state index contributed by atoms with van der Waals surface area (Å²) in [5, 5.41) is 0. The number of fused-ring (bicyclic) bond motifs is 2. The maximum atomic E-state index is 15.9. The first kappa shape index (κ1) is 25.8. The van der Waals surface area contributed by atoms with Crippen molar-refractivity contribution in [3.8, 4) is 0 Å². The van der Waals surface area contributed by atoms with E-state index in [1.807, 2.05) is 24.3 Å². The number of thioether (sulfide) groups is 1. The van der Waals surface area contributed by atoms with Crippen LogP contribution in [0.5, 0.6) is 0 Å². The van der Waals surface area contributed by atoms with E-state index in [-0.39, 0.29) is 29.5 Å². The second-order valence-corrected chi connectivity index (χ2v) is 10.9. The summed E-state index contributed by atoms with van der Waals surface area (Å²) >= 11 is 1.37. The van der Waals surface area contributed by atoms with Crippen molar-refractivity contribution in [3.05, 3.63) is 87.1 Å². The third-order valence-electron chi connectivity index (χ3n) is 7.74. The van der Waals surface area contributed by atoms with Crippen LogP contribution in [0.4, 0.5) is 13.2 Å². The van der Waals surface area contributed by atoms with Crippen molar-refractivity contribution in [2.24, 2.45) is 11.8 Å². The van der Waals surface area contributed by atoms with Gasteiger partial charge in [0.1, 0.15) is 5.82 Å². The third-order valence-corrected chi connectivity index (χ3v) is 9.05. The molecule has 0 amide bonds. The lowest BCUT2D eigenvalue weighted by atomic mass is 9.77. The summed E-state index contributed by atoms with van der Waals surface area (Å²) in [5.74, 6) is -2.81. The fourth-order valence-electron chi connectivity index (χ4n) is 5.60. The normalized spacial score (nSPS) is 22.9. The first-order valence-electron chi connectivity index (χ1n) is 12.7. The van der Waals surface area contributed by atoms with Gasteiger partial charge in [0.25, 0.3) is 0 Å². The molecule has 2 aromatic carbocycles. The highest BCUT2D eigenvalue weighted by Crippen LogP contribution is 2.38. The van der Waals surface area contributed by atoms with Crippen molar-refractivity contribution >= 4 is 17.5 Å². The van der Waals surface area contributed by atoms with E-state index in [0.717, 1.165) is 36.1 Å². The minimum absolute atomic E-state index is 0.0107. The molecule has 4 rings (SSSR count). The zero-order chi connectivity index (χ0) is 25.1. The molecule has 2 atom stereocenters. The lowest BCUT2D eigenvalue weighted by Gasteiger charge is -2.28. The van der Waals surface area contributed by atoms with Crippen molar-refractivity contribution in [2.75, 3.05) is 0 Å². The van der Waals surface area contributed by atoms with Crippen LogP contribution in [-0.4, -0.2) is 5.78 Å². The van der Waals surface area contributed by atoms with Crippen molar-refractivity contribution in [1.29, 1.82) is 0 Å². The molecule has 35 heavy (non-hydrogen) atoms. The number of hydrogen-bond acceptors (Lipinski definition) is 2. The third kappa shape index (κ3) is 5.30. The molecule has 0 aromatic heterocycles. The summed E-state index contributed by atoms with van der Waals surface area (Å²) in [5.41, 5.74) is 0.523. The molecule has 1 unspecified atom stereocenters. The van der Waals surface area contributed by atoms with Crippen molar-refractivity contribution in [1.82, 2.24) is 0 Å². The number of benzene rings is 2. The molecule has 1 saturated carbocycles. The minimum Gasteiger partial charge on any atom is -0.289 e. The van der Waals surface area contributed by atoms with E-state index in [1.165, 1.54) is 18.2 Å². The zero-order valence-electron chi connectivity index (χ0n) is 20.6. The first-order chi connectivity index (χ1) is 16.8. The molecule has 1 nitrogen and oxygen atoms in total. The van der Waals surface area contributed by atoms with Crippen LogP contribution >= 0.6 is 11.8 Å². The molecule has 0 N–H and O–H groups in total. The minimum atomic E-state index is -1.22. The number of hydrogen-bond donors (Lipinski definition) is 0. The second kappa shape index (κ2) is 11.2. The maximum absolute atomic E-state index is 15.9. The predicted octanol–water partition coefficient (Wildman–Crippen LogP) is 8.79. The van der Waals surface area contributed by atoms with E-state index in [1.54, 1.807) is 13.0 Å². The molecule has 0 saturated heterocycles.